The van der Waals surface area contributed by atoms with Gasteiger partial charge in [-0.2, -0.15) is 0 Å². The van der Waals surface area contributed by atoms with E-state index in [-0.39, 0.29) is 11.3 Å². The number of hydrogen-bond acceptors (Lipinski definition) is 3. The fraction of sp³-hybridized carbons (Fsp3) is 0.154. The summed E-state index contributed by atoms with van der Waals surface area (Å²) in [5, 5.41) is 9.57. The molecule has 94 valence electrons. The van der Waals surface area contributed by atoms with E-state index in [2.05, 4.69) is 20.9 Å². The van der Waals surface area contributed by atoms with Crippen LogP contribution in [0, 0.1) is 5.82 Å². The largest absolute Gasteiger partial charge is 0.455 e. The Morgan fingerprint density at radius 3 is 2.83 bits per heavy atom. The lowest BCUT2D eigenvalue weighted by Gasteiger charge is -2.13. The quantitative estimate of drug-likeness (QED) is 0.936. The Balaban J connectivity index is 2.37. The molecule has 0 aliphatic carbocycles. The lowest BCUT2D eigenvalue weighted by Crippen LogP contribution is -1.99. The molecule has 0 saturated carbocycles. The maximum atomic E-state index is 13.6. The van der Waals surface area contributed by atoms with Gasteiger partial charge in [-0.25, -0.2) is 4.39 Å². The first kappa shape index (κ1) is 13.0. The molecule has 3 nitrogen and oxygen atoms in total. The van der Waals surface area contributed by atoms with Crippen molar-refractivity contribution in [2.24, 2.45) is 0 Å². The Kier molecular flexibility index (Phi) is 3.93. The normalized spacial score (nSPS) is 12.2. The van der Waals surface area contributed by atoms with Gasteiger partial charge >= 0.3 is 0 Å². The fourth-order valence-electron chi connectivity index (χ4n) is 1.59. The van der Waals surface area contributed by atoms with Gasteiger partial charge in [0.05, 0.1) is 17.9 Å². The molecule has 2 rings (SSSR count). The average molecular weight is 312 g/mol. The summed E-state index contributed by atoms with van der Waals surface area (Å²) in [7, 11) is 0. The van der Waals surface area contributed by atoms with Crippen LogP contribution < -0.4 is 4.74 Å². The molecular weight excluding hydrogens is 301 g/mol. The predicted molar refractivity (Wildman–Crippen MR) is 69.0 cm³/mol. The van der Waals surface area contributed by atoms with E-state index in [0.29, 0.717) is 5.75 Å². The van der Waals surface area contributed by atoms with Crippen LogP contribution in [0.2, 0.25) is 0 Å². The van der Waals surface area contributed by atoms with Gasteiger partial charge in [-0.3, -0.25) is 4.98 Å². The molecule has 0 saturated heterocycles. The second-order valence-electron chi connectivity index (χ2n) is 3.77. The van der Waals surface area contributed by atoms with Gasteiger partial charge in [0.25, 0.3) is 0 Å². The van der Waals surface area contributed by atoms with Crippen molar-refractivity contribution < 1.29 is 14.2 Å². The van der Waals surface area contributed by atoms with Gasteiger partial charge in [0.15, 0.2) is 0 Å². The molecule has 0 fully saturated rings. The van der Waals surface area contributed by atoms with Gasteiger partial charge in [0, 0.05) is 10.7 Å². The van der Waals surface area contributed by atoms with E-state index in [1.807, 2.05) is 0 Å². The molecule has 1 unspecified atom stereocenters. The van der Waals surface area contributed by atoms with E-state index < -0.39 is 11.9 Å². The summed E-state index contributed by atoms with van der Waals surface area (Å²) in [5.41, 5.74) is 0.137. The summed E-state index contributed by atoms with van der Waals surface area (Å²) in [4.78, 5) is 3.95. The first-order valence-corrected chi connectivity index (χ1v) is 6.12. The van der Waals surface area contributed by atoms with Crippen molar-refractivity contribution in [1.29, 1.82) is 0 Å². The van der Waals surface area contributed by atoms with Gasteiger partial charge in [-0.1, -0.05) is 6.07 Å². The highest BCUT2D eigenvalue weighted by Gasteiger charge is 2.15. The maximum absolute atomic E-state index is 13.6. The molecule has 1 N–H and O–H groups in total. The molecular formula is C13H11BrFNO2. The van der Waals surface area contributed by atoms with E-state index in [9.17, 15) is 9.50 Å². The van der Waals surface area contributed by atoms with Crippen LogP contribution in [-0.4, -0.2) is 10.1 Å². The number of benzene rings is 1. The van der Waals surface area contributed by atoms with Crippen molar-refractivity contribution in [3.8, 4) is 11.5 Å². The monoisotopic (exact) mass is 311 g/mol. The Hall–Kier alpha value is -1.46. The fourth-order valence-corrected chi connectivity index (χ4v) is 1.93. The zero-order valence-corrected chi connectivity index (χ0v) is 11.2. The predicted octanol–water partition coefficient (Wildman–Crippen LogP) is 3.83. The van der Waals surface area contributed by atoms with Crippen LogP contribution in [0.25, 0.3) is 0 Å². The molecule has 0 radical (unpaired) electrons. The number of aromatic nitrogens is 1. The smallest absolute Gasteiger partial charge is 0.146 e. The Morgan fingerprint density at radius 2 is 2.17 bits per heavy atom. The first-order valence-electron chi connectivity index (χ1n) is 5.33. The van der Waals surface area contributed by atoms with Gasteiger partial charge in [-0.05, 0) is 41.1 Å². The van der Waals surface area contributed by atoms with Gasteiger partial charge < -0.3 is 9.84 Å². The molecule has 0 aliphatic rings. The van der Waals surface area contributed by atoms with E-state index in [1.165, 1.54) is 25.3 Å². The van der Waals surface area contributed by atoms with Crippen LogP contribution in [0.3, 0.4) is 0 Å². The molecule has 0 spiro atoms. The summed E-state index contributed by atoms with van der Waals surface area (Å²) < 4.78 is 19.9. The molecule has 0 aliphatic heterocycles. The van der Waals surface area contributed by atoms with Gasteiger partial charge in [0.1, 0.15) is 17.3 Å². The third-order valence-electron chi connectivity index (χ3n) is 2.34. The molecule has 1 heterocycles. The highest BCUT2D eigenvalue weighted by molar-refractivity contribution is 9.10. The van der Waals surface area contributed by atoms with Crippen molar-refractivity contribution in [3.05, 3.63) is 52.5 Å². The highest BCUT2D eigenvalue weighted by atomic mass is 79.9. The topological polar surface area (TPSA) is 42.4 Å². The number of nitrogens with zero attached hydrogens (tertiary/aromatic N) is 1. The van der Waals surface area contributed by atoms with Crippen molar-refractivity contribution >= 4 is 15.9 Å². The third-order valence-corrected chi connectivity index (χ3v) is 2.77. The number of aliphatic hydroxyl groups excluding tert-OH is 1. The Morgan fingerprint density at radius 1 is 1.39 bits per heavy atom. The van der Waals surface area contributed by atoms with Crippen LogP contribution in [0.15, 0.2) is 41.1 Å². The molecule has 0 bridgehead atoms. The van der Waals surface area contributed by atoms with Crippen LogP contribution in [0.5, 0.6) is 11.5 Å². The van der Waals surface area contributed by atoms with E-state index in [4.69, 9.17) is 4.74 Å². The van der Waals surface area contributed by atoms with Crippen molar-refractivity contribution in [3.63, 3.8) is 0 Å². The minimum Gasteiger partial charge on any atom is -0.455 e. The Labute approximate surface area is 112 Å². The number of pyridine rings is 1. The molecule has 2 aromatic rings. The SMILES string of the molecule is CC(O)c1c(F)cccc1Oc1cncc(Br)c1. The number of halogens is 2. The molecule has 1 aromatic heterocycles. The third kappa shape index (κ3) is 2.86. The molecule has 1 atom stereocenters. The zero-order chi connectivity index (χ0) is 13.1. The minimum absolute atomic E-state index is 0.137. The number of rotatable bonds is 3. The lowest BCUT2D eigenvalue weighted by atomic mass is 10.1. The highest BCUT2D eigenvalue weighted by Crippen LogP contribution is 2.31. The number of aliphatic hydroxyl groups is 1. The van der Waals surface area contributed by atoms with Crippen LogP contribution in [0.1, 0.15) is 18.6 Å². The first-order chi connectivity index (χ1) is 8.58. The van der Waals surface area contributed by atoms with E-state index >= 15 is 0 Å². The second kappa shape index (κ2) is 5.46. The Bertz CT molecular complexity index is 560. The number of hydrogen-bond donors (Lipinski definition) is 1. The van der Waals surface area contributed by atoms with Crippen molar-refractivity contribution in [1.82, 2.24) is 4.98 Å². The molecule has 1 aromatic carbocycles. The summed E-state index contributed by atoms with van der Waals surface area (Å²) in [6.07, 6.45) is 2.19. The van der Waals surface area contributed by atoms with Crippen LogP contribution >= 0.6 is 15.9 Å². The van der Waals surface area contributed by atoms with E-state index in [0.717, 1.165) is 4.47 Å². The average Bonchev–Trinajstić information content (AvgIpc) is 2.28. The van der Waals surface area contributed by atoms with Crippen LogP contribution in [-0.2, 0) is 0 Å². The lowest BCUT2D eigenvalue weighted by molar-refractivity contribution is 0.190. The minimum atomic E-state index is -0.943. The van der Waals surface area contributed by atoms with Crippen molar-refractivity contribution in [2.45, 2.75) is 13.0 Å². The van der Waals surface area contributed by atoms with Crippen molar-refractivity contribution in [2.75, 3.05) is 0 Å². The second-order valence-corrected chi connectivity index (χ2v) is 4.68. The maximum Gasteiger partial charge on any atom is 0.146 e. The summed E-state index contributed by atoms with van der Waals surface area (Å²) in [6.45, 7) is 1.49. The summed E-state index contributed by atoms with van der Waals surface area (Å²) in [6, 6.07) is 6.13. The van der Waals surface area contributed by atoms with E-state index in [1.54, 1.807) is 18.3 Å². The number of ether oxygens (including phenoxy) is 1. The van der Waals surface area contributed by atoms with Gasteiger partial charge in [-0.15, -0.1) is 0 Å². The van der Waals surface area contributed by atoms with Gasteiger partial charge in [0.2, 0.25) is 0 Å². The standard InChI is InChI=1S/C13H11BrFNO2/c1-8(17)13-11(15)3-2-4-12(13)18-10-5-9(14)6-16-7-10/h2-8,17H,1H3. The molecule has 5 heteroatoms. The summed E-state index contributed by atoms with van der Waals surface area (Å²) in [5.74, 6) is 0.257. The van der Waals surface area contributed by atoms with Crippen LogP contribution in [0.4, 0.5) is 4.39 Å². The summed E-state index contributed by atoms with van der Waals surface area (Å²) >= 11 is 3.27. The molecule has 0 amide bonds. The zero-order valence-electron chi connectivity index (χ0n) is 9.60. The molecule has 18 heavy (non-hydrogen) atoms.